The Bertz CT molecular complexity index is 5730. The molecule has 0 radical (unpaired) electrons. The van der Waals surface area contributed by atoms with Gasteiger partial charge in [-0.2, -0.15) is 0 Å². The second-order valence-corrected chi connectivity index (χ2v) is 28.4. The van der Waals surface area contributed by atoms with Crippen LogP contribution in [-0.2, 0) is 0 Å². The van der Waals surface area contributed by atoms with Gasteiger partial charge in [-0.15, -0.1) is 0 Å². The summed E-state index contributed by atoms with van der Waals surface area (Å²) in [6, 6.07) is 135. The number of rotatable bonds is 12. The minimum Gasteiger partial charge on any atom is -0.455 e. The highest BCUT2D eigenvalue weighted by atomic mass is 28.3. The third-order valence-corrected chi connectivity index (χ3v) is 24.2. The Labute approximate surface area is 546 Å². The van der Waals surface area contributed by atoms with E-state index < -0.39 is 8.07 Å². The number of aromatic nitrogens is 2. The molecule has 440 valence electrons. The van der Waals surface area contributed by atoms with Gasteiger partial charge >= 0.3 is 0 Å². The van der Waals surface area contributed by atoms with E-state index in [1.807, 2.05) is 6.07 Å². The molecule has 94 heavy (non-hydrogen) atoms. The fourth-order valence-electron chi connectivity index (χ4n) is 15.3. The van der Waals surface area contributed by atoms with Crippen molar-refractivity contribution in [3.8, 4) is 78.1 Å². The summed E-state index contributed by atoms with van der Waals surface area (Å²) >= 11 is 0. The molecule has 0 amide bonds. The summed E-state index contributed by atoms with van der Waals surface area (Å²) in [4.78, 5) is 0. The van der Waals surface area contributed by atoms with E-state index in [0.717, 1.165) is 99.9 Å². The zero-order valence-electron chi connectivity index (χ0n) is 51.4. The fourth-order valence-corrected chi connectivity index (χ4v) is 20.2. The minimum absolute atomic E-state index is 0.888. The average Bonchev–Trinajstić information content (AvgIpc) is 1.71. The first-order valence-electron chi connectivity index (χ1n) is 32.4. The smallest absolute Gasteiger partial charge is 0.179 e. The second kappa shape index (κ2) is 22.7. The number of hydrogen-bond donors (Lipinski definition) is 0. The Hall–Kier alpha value is -12.1. The molecule has 15 aromatic carbocycles. The van der Waals surface area contributed by atoms with E-state index >= 15 is 0 Å². The lowest BCUT2D eigenvalue weighted by Gasteiger charge is -2.36. The van der Waals surface area contributed by atoms with Crippen molar-refractivity contribution in [2.24, 2.45) is 0 Å². The van der Waals surface area contributed by atoms with Crippen molar-refractivity contribution in [1.82, 2.24) is 9.13 Å². The van der Waals surface area contributed by atoms with Crippen LogP contribution in [0.3, 0.4) is 0 Å². The number of benzene rings is 15. The summed E-state index contributed by atoms with van der Waals surface area (Å²) < 4.78 is 11.8. The molecule has 0 unspecified atom stereocenters. The van der Waals surface area contributed by atoms with Crippen molar-refractivity contribution >= 4 is 94.4 Å². The van der Waals surface area contributed by atoms with Gasteiger partial charge in [0.25, 0.3) is 0 Å². The molecule has 0 atom stereocenters. The Morgan fingerprint density at radius 2 is 0.638 bits per heavy atom. The number of nitrogens with zero attached hydrogens (tertiary/aromatic N) is 2. The van der Waals surface area contributed by atoms with Gasteiger partial charge in [0.15, 0.2) is 8.07 Å². The standard InChI is InChI=1S/C90H60N2OSi/c1-7-29-61(30-8-1)65-55-66(62-31-9-2-10-32-62)57-70(56-65)94(68-37-15-5-16-38-68,69-39-17-6-18-40-69)71-59-81(63-33-11-3-12-34-63)89(82(60-71)64-35-13-4-14-36-64)92-85-51-25-22-44-75(85)83-58-67(53-54-86(83)92)91-84-50-24-21-43-74(84)78-47-27-46-77(88(78)91)72-41-19-20-42-73(72)79-48-28-49-80-76-45-23-26-52-87(76)93-90(79)80/h1-60H. The summed E-state index contributed by atoms with van der Waals surface area (Å²) in [5.41, 5.74) is 22.3. The van der Waals surface area contributed by atoms with Crippen LogP contribution in [0.15, 0.2) is 368 Å². The van der Waals surface area contributed by atoms with Gasteiger partial charge in [-0.3, -0.25) is 0 Å². The highest BCUT2D eigenvalue weighted by molar-refractivity contribution is 7.20. The van der Waals surface area contributed by atoms with Gasteiger partial charge in [-0.05, 0) is 108 Å². The second-order valence-electron chi connectivity index (χ2n) is 24.6. The number of hydrogen-bond acceptors (Lipinski definition) is 1. The van der Waals surface area contributed by atoms with Gasteiger partial charge in [-0.25, -0.2) is 0 Å². The van der Waals surface area contributed by atoms with Crippen molar-refractivity contribution in [3.63, 3.8) is 0 Å². The van der Waals surface area contributed by atoms with Crippen molar-refractivity contribution in [1.29, 1.82) is 0 Å². The molecule has 0 fully saturated rings. The highest BCUT2D eigenvalue weighted by Crippen LogP contribution is 2.47. The number of para-hydroxylation sites is 5. The predicted molar refractivity (Wildman–Crippen MR) is 399 cm³/mol. The molecule has 3 nitrogen and oxygen atoms in total. The highest BCUT2D eigenvalue weighted by Gasteiger charge is 2.43. The quantitative estimate of drug-likeness (QED) is 0.0883. The zero-order valence-corrected chi connectivity index (χ0v) is 52.4. The first kappa shape index (κ1) is 54.8. The third kappa shape index (κ3) is 8.87. The number of fused-ring (bicyclic) bond motifs is 9. The molecule has 0 aliphatic rings. The topological polar surface area (TPSA) is 23.0 Å². The molecule has 4 heteroatoms. The molecule has 3 aromatic heterocycles. The molecule has 0 aliphatic carbocycles. The molecular formula is C90H60N2OSi. The van der Waals surface area contributed by atoms with Gasteiger partial charge in [0.05, 0.1) is 27.8 Å². The summed E-state index contributed by atoms with van der Waals surface area (Å²) in [6.45, 7) is 0. The average molecular weight is 1210 g/mol. The molecule has 0 aliphatic heterocycles. The van der Waals surface area contributed by atoms with Crippen LogP contribution in [0, 0.1) is 0 Å². The van der Waals surface area contributed by atoms with Crippen LogP contribution in [0.2, 0.25) is 0 Å². The largest absolute Gasteiger partial charge is 0.455 e. The van der Waals surface area contributed by atoms with Crippen LogP contribution in [0.25, 0.3) is 144 Å². The van der Waals surface area contributed by atoms with Crippen LogP contribution in [-0.4, -0.2) is 17.2 Å². The molecule has 0 saturated carbocycles. The third-order valence-electron chi connectivity index (χ3n) is 19.5. The van der Waals surface area contributed by atoms with Crippen LogP contribution >= 0.6 is 0 Å². The molecular weight excluding hydrogens is 1150 g/mol. The monoisotopic (exact) mass is 1210 g/mol. The van der Waals surface area contributed by atoms with E-state index in [4.69, 9.17) is 4.42 Å². The fraction of sp³-hybridized carbons (Fsp3) is 0. The summed E-state index contributed by atoms with van der Waals surface area (Å²) in [5.74, 6) is 0. The maximum Gasteiger partial charge on any atom is 0.179 e. The van der Waals surface area contributed by atoms with Crippen LogP contribution in [0.1, 0.15) is 0 Å². The van der Waals surface area contributed by atoms with Gasteiger partial charge < -0.3 is 13.6 Å². The van der Waals surface area contributed by atoms with E-state index in [9.17, 15) is 0 Å². The zero-order chi connectivity index (χ0) is 62.1. The molecule has 0 bridgehead atoms. The van der Waals surface area contributed by atoms with Gasteiger partial charge in [0.2, 0.25) is 0 Å². The predicted octanol–water partition coefficient (Wildman–Crippen LogP) is 21.2. The van der Waals surface area contributed by atoms with Crippen molar-refractivity contribution in [3.05, 3.63) is 364 Å². The van der Waals surface area contributed by atoms with E-state index in [2.05, 4.69) is 367 Å². The van der Waals surface area contributed by atoms with Crippen molar-refractivity contribution in [2.75, 3.05) is 0 Å². The molecule has 0 spiro atoms. The Kier molecular flexibility index (Phi) is 13.2. The lowest BCUT2D eigenvalue weighted by molar-refractivity contribution is 0.670. The van der Waals surface area contributed by atoms with E-state index in [-0.39, 0.29) is 0 Å². The summed E-state index contributed by atoms with van der Waals surface area (Å²) in [6.07, 6.45) is 0. The molecule has 18 rings (SSSR count). The van der Waals surface area contributed by atoms with Crippen molar-refractivity contribution in [2.45, 2.75) is 0 Å². The first-order valence-corrected chi connectivity index (χ1v) is 34.4. The van der Waals surface area contributed by atoms with Crippen molar-refractivity contribution < 1.29 is 4.42 Å². The lowest BCUT2D eigenvalue weighted by Crippen LogP contribution is -2.74. The van der Waals surface area contributed by atoms with Crippen LogP contribution < -0.4 is 20.7 Å². The summed E-state index contributed by atoms with van der Waals surface area (Å²) in [5, 5.41) is 12.2. The first-order chi connectivity index (χ1) is 46.7. The van der Waals surface area contributed by atoms with E-state index in [1.165, 1.54) is 64.5 Å². The van der Waals surface area contributed by atoms with Crippen LogP contribution in [0.4, 0.5) is 0 Å². The molecule has 0 N–H and O–H groups in total. The molecule has 3 heterocycles. The van der Waals surface area contributed by atoms with Gasteiger partial charge in [0, 0.05) is 60.3 Å². The Balaban J connectivity index is 0.912. The maximum absolute atomic E-state index is 6.74. The van der Waals surface area contributed by atoms with Gasteiger partial charge in [-0.1, -0.05) is 322 Å². The minimum atomic E-state index is -3.34. The maximum atomic E-state index is 6.74. The Morgan fingerprint density at radius 1 is 0.223 bits per heavy atom. The molecule has 0 saturated heterocycles. The normalized spacial score (nSPS) is 11.8. The lowest BCUT2D eigenvalue weighted by atomic mass is 9.92. The summed E-state index contributed by atoms with van der Waals surface area (Å²) in [7, 11) is -3.34. The van der Waals surface area contributed by atoms with Gasteiger partial charge in [0.1, 0.15) is 11.2 Å². The van der Waals surface area contributed by atoms with E-state index in [0.29, 0.717) is 0 Å². The molecule has 18 aromatic rings. The Morgan fingerprint density at radius 3 is 1.22 bits per heavy atom. The SMILES string of the molecule is c1ccc(-c2cc(-c3ccccc3)cc([Si](c3ccccc3)(c3ccccc3)c3cc(-c4ccccc4)c(-n4c5ccccc5c5cc(-n6c7ccccc7c7cccc(-c8ccccc8-c8cccc9c8oc8ccccc89)c76)ccc54)c(-c4ccccc4)c3)c2)cc1. The number of furan rings is 1. The van der Waals surface area contributed by atoms with Crippen LogP contribution in [0.5, 0.6) is 0 Å². The van der Waals surface area contributed by atoms with E-state index in [1.54, 1.807) is 0 Å².